The molecule has 0 N–H and O–H groups in total. The first-order chi connectivity index (χ1) is 21.8. The molecule has 44 heavy (non-hydrogen) atoms. The summed E-state index contributed by atoms with van der Waals surface area (Å²) in [6, 6.07) is 54.2. The van der Waals surface area contributed by atoms with Crippen LogP contribution in [-0.2, 0) is 0 Å². The molecule has 0 fully saturated rings. The van der Waals surface area contributed by atoms with E-state index in [0.717, 1.165) is 16.9 Å². The first-order valence-corrected chi connectivity index (χ1v) is 14.8. The molecule has 0 radical (unpaired) electrons. The van der Waals surface area contributed by atoms with Gasteiger partial charge in [-0.15, -0.1) is 0 Å². The number of hydrogen-bond donors (Lipinski definition) is 0. The Balaban J connectivity index is 1.20. The van der Waals surface area contributed by atoms with Crippen molar-refractivity contribution in [2.75, 3.05) is 0 Å². The first kappa shape index (κ1) is 24.6. The smallest absolute Gasteiger partial charge is 0.0929 e. The molecule has 9 rings (SSSR count). The van der Waals surface area contributed by atoms with Crippen molar-refractivity contribution in [2.45, 2.75) is 0 Å². The maximum atomic E-state index is 4.27. The van der Waals surface area contributed by atoms with E-state index in [9.17, 15) is 0 Å². The highest BCUT2D eigenvalue weighted by molar-refractivity contribution is 6.12. The van der Waals surface area contributed by atoms with Crippen molar-refractivity contribution in [3.8, 4) is 33.8 Å². The lowest BCUT2D eigenvalue weighted by Gasteiger charge is -2.10. The minimum Gasteiger partial charge on any atom is -0.309 e. The Morgan fingerprint density at radius 1 is 0.364 bits per heavy atom. The van der Waals surface area contributed by atoms with Crippen molar-refractivity contribution < 1.29 is 0 Å². The van der Waals surface area contributed by atoms with Crippen LogP contribution in [0.15, 0.2) is 158 Å². The first-order valence-electron chi connectivity index (χ1n) is 14.8. The van der Waals surface area contributed by atoms with Crippen molar-refractivity contribution in [1.82, 2.24) is 19.3 Å². The van der Waals surface area contributed by atoms with E-state index in [-0.39, 0.29) is 0 Å². The molecule has 0 bridgehead atoms. The Bertz CT molecular complexity index is 2470. The Morgan fingerprint density at radius 3 is 1.43 bits per heavy atom. The summed E-state index contributed by atoms with van der Waals surface area (Å²) in [5.41, 5.74) is 11.4. The highest BCUT2D eigenvalue weighted by Gasteiger charge is 2.16. The summed E-state index contributed by atoms with van der Waals surface area (Å²) >= 11 is 0. The third kappa shape index (κ3) is 3.78. The second-order valence-electron chi connectivity index (χ2n) is 11.2. The summed E-state index contributed by atoms with van der Waals surface area (Å²) in [6.45, 7) is 0. The Kier molecular flexibility index (Phi) is 5.47. The molecule has 9 aromatic rings. The zero-order chi connectivity index (χ0) is 29.0. The standard InChI is InChI=1S/C40H26N4/c1-2-9-30(10-3-1)43-37-14-6-4-11-32(37)34-25-28(18-22-39(34)43)29-19-23-40-35(26-29)33-12-5-7-15-38(33)44(40)31-20-16-27(17-21-31)36-13-8-24-41-42-36/h1-26H. The average molecular weight is 563 g/mol. The van der Waals surface area contributed by atoms with Crippen LogP contribution in [0.2, 0.25) is 0 Å². The average Bonchev–Trinajstić information content (AvgIpc) is 3.61. The van der Waals surface area contributed by atoms with E-state index in [0.29, 0.717) is 0 Å². The fourth-order valence-corrected chi connectivity index (χ4v) is 6.68. The van der Waals surface area contributed by atoms with Gasteiger partial charge in [-0.3, -0.25) is 0 Å². The number of fused-ring (bicyclic) bond motifs is 6. The van der Waals surface area contributed by atoms with Crippen LogP contribution in [0.25, 0.3) is 77.4 Å². The Hall–Kier alpha value is -6.00. The molecule has 0 saturated heterocycles. The highest BCUT2D eigenvalue weighted by Crippen LogP contribution is 2.38. The normalized spacial score (nSPS) is 11.6. The summed E-state index contributed by atoms with van der Waals surface area (Å²) in [5.74, 6) is 0. The van der Waals surface area contributed by atoms with Crippen molar-refractivity contribution in [3.63, 3.8) is 0 Å². The molecule has 0 unspecified atom stereocenters. The van der Waals surface area contributed by atoms with E-state index >= 15 is 0 Å². The number of hydrogen-bond acceptors (Lipinski definition) is 2. The van der Waals surface area contributed by atoms with Gasteiger partial charge in [-0.1, -0.05) is 78.9 Å². The second kappa shape index (κ2) is 9.79. The molecular weight excluding hydrogens is 536 g/mol. The summed E-state index contributed by atoms with van der Waals surface area (Å²) in [4.78, 5) is 0. The summed E-state index contributed by atoms with van der Waals surface area (Å²) < 4.78 is 4.71. The summed E-state index contributed by atoms with van der Waals surface area (Å²) in [7, 11) is 0. The zero-order valence-corrected chi connectivity index (χ0v) is 23.8. The van der Waals surface area contributed by atoms with Crippen molar-refractivity contribution >= 4 is 43.6 Å². The van der Waals surface area contributed by atoms with Crippen molar-refractivity contribution in [2.24, 2.45) is 0 Å². The van der Waals surface area contributed by atoms with Gasteiger partial charge in [0.25, 0.3) is 0 Å². The second-order valence-corrected chi connectivity index (χ2v) is 11.2. The number of nitrogens with zero attached hydrogens (tertiary/aromatic N) is 4. The number of rotatable bonds is 4. The molecule has 0 aliphatic carbocycles. The van der Waals surface area contributed by atoms with Gasteiger partial charge in [0.05, 0.1) is 27.8 Å². The molecule has 0 saturated carbocycles. The van der Waals surface area contributed by atoms with Gasteiger partial charge in [0.1, 0.15) is 0 Å². The molecular formula is C40H26N4. The topological polar surface area (TPSA) is 35.6 Å². The molecule has 0 amide bonds. The zero-order valence-electron chi connectivity index (χ0n) is 23.8. The van der Waals surface area contributed by atoms with Gasteiger partial charge in [-0.25, -0.2) is 0 Å². The van der Waals surface area contributed by atoms with Crippen LogP contribution in [0.3, 0.4) is 0 Å². The number of benzene rings is 6. The van der Waals surface area contributed by atoms with Gasteiger partial charge in [0.2, 0.25) is 0 Å². The largest absolute Gasteiger partial charge is 0.309 e. The molecule has 0 aliphatic heterocycles. The minimum absolute atomic E-state index is 0.870. The molecule has 3 heterocycles. The van der Waals surface area contributed by atoms with Crippen LogP contribution >= 0.6 is 0 Å². The molecule has 0 spiro atoms. The molecule has 0 atom stereocenters. The predicted octanol–water partition coefficient (Wildman–Crippen LogP) is 10.0. The molecule has 4 nitrogen and oxygen atoms in total. The van der Waals surface area contributed by atoms with Crippen LogP contribution < -0.4 is 0 Å². The van der Waals surface area contributed by atoms with Gasteiger partial charge in [-0.2, -0.15) is 10.2 Å². The lowest BCUT2D eigenvalue weighted by molar-refractivity contribution is 1.04. The lowest BCUT2D eigenvalue weighted by Crippen LogP contribution is -1.94. The number of para-hydroxylation sites is 3. The fourth-order valence-electron chi connectivity index (χ4n) is 6.68. The van der Waals surface area contributed by atoms with E-state index in [1.165, 1.54) is 60.4 Å². The van der Waals surface area contributed by atoms with E-state index in [4.69, 9.17) is 0 Å². The maximum absolute atomic E-state index is 4.27. The van der Waals surface area contributed by atoms with E-state index in [1.807, 2.05) is 12.1 Å². The monoisotopic (exact) mass is 562 g/mol. The summed E-state index contributed by atoms with van der Waals surface area (Å²) in [6.07, 6.45) is 1.70. The van der Waals surface area contributed by atoms with Crippen LogP contribution in [0, 0.1) is 0 Å². The van der Waals surface area contributed by atoms with Gasteiger partial charge < -0.3 is 9.13 Å². The van der Waals surface area contributed by atoms with Gasteiger partial charge in [-0.05, 0) is 83.9 Å². The third-order valence-electron chi connectivity index (χ3n) is 8.69. The summed E-state index contributed by atoms with van der Waals surface area (Å²) in [5, 5.41) is 13.3. The van der Waals surface area contributed by atoms with Crippen LogP contribution in [0.5, 0.6) is 0 Å². The van der Waals surface area contributed by atoms with Gasteiger partial charge in [0, 0.05) is 44.7 Å². The van der Waals surface area contributed by atoms with Crippen molar-refractivity contribution in [1.29, 1.82) is 0 Å². The molecule has 3 aromatic heterocycles. The van der Waals surface area contributed by atoms with Crippen molar-refractivity contribution in [3.05, 3.63) is 158 Å². The third-order valence-corrected chi connectivity index (χ3v) is 8.69. The SMILES string of the molecule is c1ccc(-n2c3ccccc3c3cc(-c4ccc5c(c4)c4ccccc4n5-c4ccc(-c5cccnn5)cc4)ccc32)cc1. The van der Waals surface area contributed by atoms with Crippen LogP contribution in [0.1, 0.15) is 0 Å². The van der Waals surface area contributed by atoms with E-state index < -0.39 is 0 Å². The van der Waals surface area contributed by atoms with Gasteiger partial charge >= 0.3 is 0 Å². The highest BCUT2D eigenvalue weighted by atomic mass is 15.1. The maximum Gasteiger partial charge on any atom is 0.0929 e. The Morgan fingerprint density at radius 2 is 0.864 bits per heavy atom. The van der Waals surface area contributed by atoms with E-state index in [1.54, 1.807) is 6.20 Å². The van der Waals surface area contributed by atoms with Crippen LogP contribution in [-0.4, -0.2) is 19.3 Å². The Labute approximate surface area is 254 Å². The van der Waals surface area contributed by atoms with Gasteiger partial charge in [0.15, 0.2) is 0 Å². The lowest BCUT2D eigenvalue weighted by atomic mass is 10.0. The number of aromatic nitrogens is 4. The van der Waals surface area contributed by atoms with Crippen LogP contribution in [0.4, 0.5) is 0 Å². The molecule has 6 aromatic carbocycles. The molecule has 4 heteroatoms. The fraction of sp³-hybridized carbons (Fsp3) is 0. The van der Waals surface area contributed by atoms with E-state index in [2.05, 4.69) is 159 Å². The quantitative estimate of drug-likeness (QED) is 0.214. The minimum atomic E-state index is 0.870. The molecule has 0 aliphatic rings. The predicted molar refractivity (Wildman–Crippen MR) is 182 cm³/mol. The molecule has 206 valence electrons.